The van der Waals surface area contributed by atoms with Crippen LogP contribution in [-0.4, -0.2) is 20.6 Å². The van der Waals surface area contributed by atoms with Gasteiger partial charge >= 0.3 is 0 Å². The van der Waals surface area contributed by atoms with Crippen LogP contribution in [0.2, 0.25) is 0 Å². The van der Waals surface area contributed by atoms with Gasteiger partial charge in [0.15, 0.2) is 10.9 Å². The van der Waals surface area contributed by atoms with E-state index in [2.05, 4.69) is 4.98 Å². The van der Waals surface area contributed by atoms with Gasteiger partial charge in [-0.15, -0.1) is 11.3 Å². The summed E-state index contributed by atoms with van der Waals surface area (Å²) in [5, 5.41) is 0.759. The second-order valence-corrected chi connectivity index (χ2v) is 8.55. The van der Waals surface area contributed by atoms with Crippen molar-refractivity contribution in [1.82, 2.24) is 9.55 Å². The Labute approximate surface area is 159 Å². The Hall–Kier alpha value is -1.99. The fourth-order valence-corrected chi connectivity index (χ4v) is 4.86. The quantitative estimate of drug-likeness (QED) is 0.363. The molecule has 0 aliphatic rings. The number of aromatic nitrogens is 2. The number of thiophene rings is 1. The molecule has 0 spiro atoms. The highest BCUT2D eigenvalue weighted by Gasteiger charge is 2.21. The van der Waals surface area contributed by atoms with E-state index in [-0.39, 0.29) is 17.2 Å². The lowest BCUT2D eigenvalue weighted by Gasteiger charge is -2.14. The molecule has 0 saturated heterocycles. The van der Waals surface area contributed by atoms with Crippen molar-refractivity contribution in [3.8, 4) is 0 Å². The predicted molar refractivity (Wildman–Crippen MR) is 105 cm³/mol. The normalized spacial score (nSPS) is 12.5. The van der Waals surface area contributed by atoms with Gasteiger partial charge in [0.1, 0.15) is 10.6 Å². The molecule has 1 atom stereocenters. The van der Waals surface area contributed by atoms with Crippen LogP contribution in [-0.2, 0) is 6.54 Å². The maximum Gasteiger partial charge on any atom is 0.263 e. The third-order valence-electron chi connectivity index (χ3n) is 4.35. The first-order chi connectivity index (χ1) is 12.3. The van der Waals surface area contributed by atoms with Crippen LogP contribution in [0.3, 0.4) is 0 Å². The zero-order valence-electron chi connectivity index (χ0n) is 15.0. The van der Waals surface area contributed by atoms with Crippen molar-refractivity contribution >= 4 is 39.1 Å². The van der Waals surface area contributed by atoms with E-state index in [0.29, 0.717) is 27.5 Å². The van der Waals surface area contributed by atoms with Gasteiger partial charge in [-0.25, -0.2) is 9.37 Å². The van der Waals surface area contributed by atoms with Crippen LogP contribution in [0.4, 0.5) is 4.39 Å². The van der Waals surface area contributed by atoms with Gasteiger partial charge in [-0.2, -0.15) is 0 Å². The van der Waals surface area contributed by atoms with E-state index in [1.165, 1.54) is 47.4 Å². The maximum atomic E-state index is 13.1. The molecule has 136 valence electrons. The van der Waals surface area contributed by atoms with Crippen molar-refractivity contribution in [1.29, 1.82) is 0 Å². The number of ketones is 1. The molecule has 0 radical (unpaired) electrons. The van der Waals surface area contributed by atoms with Gasteiger partial charge in [-0.1, -0.05) is 11.8 Å². The number of nitrogens with zero attached hydrogens (tertiary/aromatic N) is 2. The zero-order valence-corrected chi connectivity index (χ0v) is 16.6. The van der Waals surface area contributed by atoms with E-state index in [9.17, 15) is 14.0 Å². The Morgan fingerprint density at radius 2 is 1.96 bits per heavy atom. The van der Waals surface area contributed by atoms with Crippen LogP contribution in [0.25, 0.3) is 10.2 Å². The molecule has 0 N–H and O–H groups in total. The highest BCUT2D eigenvalue weighted by molar-refractivity contribution is 8.00. The molecule has 2 aromatic heterocycles. The molecule has 26 heavy (non-hydrogen) atoms. The molecule has 4 nitrogen and oxygen atoms in total. The van der Waals surface area contributed by atoms with E-state index < -0.39 is 5.25 Å². The van der Waals surface area contributed by atoms with Gasteiger partial charge in [0.2, 0.25) is 0 Å². The molecule has 1 aromatic carbocycles. The fraction of sp³-hybridized carbons (Fsp3) is 0.316. The fourth-order valence-electron chi connectivity index (χ4n) is 2.74. The summed E-state index contributed by atoms with van der Waals surface area (Å²) in [6.07, 6.45) is 0. The number of fused-ring (bicyclic) bond motifs is 1. The van der Waals surface area contributed by atoms with Crippen molar-refractivity contribution in [2.45, 2.75) is 44.6 Å². The van der Waals surface area contributed by atoms with E-state index in [1.807, 2.05) is 20.8 Å². The minimum atomic E-state index is -0.440. The molecule has 2 heterocycles. The summed E-state index contributed by atoms with van der Waals surface area (Å²) in [5.74, 6) is -0.497. The minimum absolute atomic E-state index is 0.0664. The van der Waals surface area contributed by atoms with Crippen molar-refractivity contribution in [3.63, 3.8) is 0 Å². The Kier molecular flexibility index (Phi) is 5.29. The lowest BCUT2D eigenvalue weighted by Crippen LogP contribution is -2.24. The third-order valence-corrected chi connectivity index (χ3v) is 6.54. The highest BCUT2D eigenvalue weighted by Crippen LogP contribution is 2.30. The van der Waals surface area contributed by atoms with Crippen molar-refractivity contribution < 1.29 is 9.18 Å². The smallest absolute Gasteiger partial charge is 0.263 e. The monoisotopic (exact) mass is 390 g/mol. The number of hydrogen-bond donors (Lipinski definition) is 0. The molecule has 0 fully saturated rings. The Morgan fingerprint density at radius 1 is 1.31 bits per heavy atom. The van der Waals surface area contributed by atoms with Gasteiger partial charge in [0.05, 0.1) is 10.6 Å². The first-order valence-corrected chi connectivity index (χ1v) is 10.00. The molecular weight excluding hydrogens is 371 g/mol. The Bertz CT molecular complexity index is 1040. The molecule has 3 rings (SSSR count). The number of carbonyl (C=O) groups excluding carboxylic acids is 1. The van der Waals surface area contributed by atoms with Crippen molar-refractivity contribution in [2.24, 2.45) is 0 Å². The Morgan fingerprint density at radius 3 is 2.58 bits per heavy atom. The van der Waals surface area contributed by atoms with Gasteiger partial charge in [-0.3, -0.25) is 14.2 Å². The summed E-state index contributed by atoms with van der Waals surface area (Å²) in [6, 6.07) is 5.50. The summed E-state index contributed by atoms with van der Waals surface area (Å²) in [7, 11) is 0. The minimum Gasteiger partial charge on any atom is -0.293 e. The molecule has 0 bridgehead atoms. The van der Waals surface area contributed by atoms with Crippen molar-refractivity contribution in [2.75, 3.05) is 0 Å². The summed E-state index contributed by atoms with van der Waals surface area (Å²) < 4.78 is 14.7. The SMILES string of the molecule is CCn1c(S[C@@H](C)C(=O)c2ccc(F)cc2)nc2sc(C)c(C)c2c1=O. The standard InChI is InChI=1S/C19H19FN2O2S2/c1-5-22-18(24)15-10(2)11(3)25-17(15)21-19(22)26-12(4)16(23)13-6-8-14(20)9-7-13/h6-9,12H,5H2,1-4H3/t12-/m0/s1. The number of aryl methyl sites for hydroxylation is 2. The third kappa shape index (κ3) is 3.33. The summed E-state index contributed by atoms with van der Waals surface area (Å²) in [4.78, 5) is 31.9. The number of halogens is 1. The van der Waals surface area contributed by atoms with Crippen LogP contribution in [0.5, 0.6) is 0 Å². The molecule has 0 unspecified atom stereocenters. The Balaban J connectivity index is 1.98. The van der Waals surface area contributed by atoms with Crippen LogP contribution in [0.15, 0.2) is 34.2 Å². The number of Topliss-reactive ketones (excluding diaryl/α,β-unsaturated/α-hetero) is 1. The van der Waals surface area contributed by atoms with Crippen LogP contribution >= 0.6 is 23.1 Å². The summed E-state index contributed by atoms with van der Waals surface area (Å²) >= 11 is 2.76. The van der Waals surface area contributed by atoms with Gasteiger partial charge in [0, 0.05) is 17.0 Å². The largest absolute Gasteiger partial charge is 0.293 e. The van der Waals surface area contributed by atoms with Crippen LogP contribution in [0, 0.1) is 19.7 Å². The van der Waals surface area contributed by atoms with E-state index >= 15 is 0 Å². The molecule has 3 aromatic rings. The van der Waals surface area contributed by atoms with E-state index in [4.69, 9.17) is 0 Å². The maximum absolute atomic E-state index is 13.1. The molecule has 0 amide bonds. The predicted octanol–water partition coefficient (Wildman–Crippen LogP) is 4.60. The topological polar surface area (TPSA) is 52.0 Å². The van der Waals surface area contributed by atoms with Crippen LogP contribution in [0.1, 0.15) is 34.6 Å². The van der Waals surface area contributed by atoms with Gasteiger partial charge in [-0.05, 0) is 57.5 Å². The molecule has 0 aliphatic heterocycles. The van der Waals surface area contributed by atoms with Crippen LogP contribution < -0.4 is 5.56 Å². The molecule has 0 saturated carbocycles. The first kappa shape index (κ1) is 18.8. The number of thioether (sulfide) groups is 1. The molecular formula is C19H19FN2O2S2. The molecule has 7 heteroatoms. The number of carbonyl (C=O) groups is 1. The first-order valence-electron chi connectivity index (χ1n) is 8.30. The second-order valence-electron chi connectivity index (χ2n) is 6.04. The highest BCUT2D eigenvalue weighted by atomic mass is 32.2. The molecule has 0 aliphatic carbocycles. The summed E-state index contributed by atoms with van der Waals surface area (Å²) in [6.45, 7) is 8.06. The van der Waals surface area contributed by atoms with Gasteiger partial charge < -0.3 is 0 Å². The van der Waals surface area contributed by atoms with E-state index in [0.717, 1.165) is 10.4 Å². The average molecular weight is 391 g/mol. The second kappa shape index (κ2) is 7.32. The number of rotatable bonds is 5. The van der Waals surface area contributed by atoms with Gasteiger partial charge in [0.25, 0.3) is 5.56 Å². The van der Waals surface area contributed by atoms with Crippen molar-refractivity contribution in [3.05, 3.63) is 56.4 Å². The lowest BCUT2D eigenvalue weighted by atomic mass is 10.1. The number of benzene rings is 1. The lowest BCUT2D eigenvalue weighted by molar-refractivity contribution is 0.0994. The summed E-state index contributed by atoms with van der Waals surface area (Å²) in [5.41, 5.74) is 1.35. The number of hydrogen-bond acceptors (Lipinski definition) is 5. The average Bonchev–Trinajstić information content (AvgIpc) is 2.89. The zero-order chi connectivity index (χ0) is 19.0. The van der Waals surface area contributed by atoms with E-state index in [1.54, 1.807) is 11.5 Å².